The highest BCUT2D eigenvalue weighted by molar-refractivity contribution is 5.82. The van der Waals surface area contributed by atoms with Gasteiger partial charge in [-0.3, -0.25) is 0 Å². The molecule has 0 saturated carbocycles. The first-order valence-corrected chi connectivity index (χ1v) is 3.33. The molecule has 0 aliphatic rings. The van der Waals surface area contributed by atoms with E-state index in [1.54, 1.807) is 19.4 Å². The van der Waals surface area contributed by atoms with Crippen LogP contribution in [0.3, 0.4) is 0 Å². The predicted molar refractivity (Wildman–Crippen MR) is 41.6 cm³/mol. The molecular weight excluding hydrogens is 140 g/mol. The van der Waals surface area contributed by atoms with Crippen LogP contribution in [0.4, 0.5) is 0 Å². The van der Waals surface area contributed by atoms with Gasteiger partial charge in [0.25, 0.3) is 0 Å². The molecule has 1 aromatic heterocycles. The van der Waals surface area contributed by atoms with Crippen molar-refractivity contribution in [1.82, 2.24) is 0 Å². The maximum Gasteiger partial charge on any atom is 0.175 e. The van der Waals surface area contributed by atoms with Gasteiger partial charge < -0.3 is 9.15 Å². The minimum absolute atomic E-state index is 0.729. The van der Waals surface area contributed by atoms with E-state index in [1.807, 2.05) is 12.1 Å². The first kappa shape index (κ1) is 6.28. The number of furan rings is 1. The molecule has 0 fully saturated rings. The van der Waals surface area contributed by atoms with Crippen molar-refractivity contribution in [2.75, 3.05) is 7.11 Å². The lowest BCUT2D eigenvalue weighted by Crippen LogP contribution is -1.81. The minimum atomic E-state index is 0.729. The number of ether oxygens (including phenoxy) is 1. The van der Waals surface area contributed by atoms with Crippen LogP contribution in [0.15, 0.2) is 28.9 Å². The fourth-order valence-corrected chi connectivity index (χ4v) is 1.06. The second kappa shape index (κ2) is 2.31. The fraction of sp³-hybridized carbons (Fsp3) is 0.111. The summed E-state index contributed by atoms with van der Waals surface area (Å²) in [6.07, 6.45) is 1.64. The van der Waals surface area contributed by atoms with Crippen molar-refractivity contribution >= 4 is 11.0 Å². The van der Waals surface area contributed by atoms with Gasteiger partial charge in [-0.25, -0.2) is 0 Å². The minimum Gasteiger partial charge on any atom is -0.493 e. The summed E-state index contributed by atoms with van der Waals surface area (Å²) < 4.78 is 10.3. The molecule has 0 aliphatic carbocycles. The van der Waals surface area contributed by atoms with Gasteiger partial charge in [0.15, 0.2) is 11.3 Å². The largest absolute Gasteiger partial charge is 0.493 e. The molecule has 1 radical (unpaired) electrons. The smallest absolute Gasteiger partial charge is 0.175 e. The zero-order valence-corrected chi connectivity index (χ0v) is 6.13. The second-order valence-corrected chi connectivity index (χ2v) is 2.23. The molecule has 0 N–H and O–H groups in total. The Labute approximate surface area is 64.4 Å². The van der Waals surface area contributed by atoms with E-state index in [0.29, 0.717) is 0 Å². The van der Waals surface area contributed by atoms with Gasteiger partial charge in [-0.2, -0.15) is 0 Å². The third-order valence-electron chi connectivity index (χ3n) is 1.59. The summed E-state index contributed by atoms with van der Waals surface area (Å²) in [5.74, 6) is 0.729. The Morgan fingerprint density at radius 2 is 2.36 bits per heavy atom. The normalized spacial score (nSPS) is 10.3. The van der Waals surface area contributed by atoms with Crippen molar-refractivity contribution in [3.63, 3.8) is 0 Å². The highest BCUT2D eigenvalue weighted by Gasteiger charge is 2.01. The summed E-state index contributed by atoms with van der Waals surface area (Å²) in [6.45, 7) is 0. The lowest BCUT2D eigenvalue weighted by atomic mass is 10.2. The summed E-state index contributed by atoms with van der Waals surface area (Å²) in [4.78, 5) is 0. The quantitative estimate of drug-likeness (QED) is 0.617. The highest BCUT2D eigenvalue weighted by Crippen LogP contribution is 2.25. The SMILES string of the molecule is COc1c[c]cc2ccoc12. The van der Waals surface area contributed by atoms with Crippen LogP contribution < -0.4 is 4.74 Å². The molecule has 2 heteroatoms. The Morgan fingerprint density at radius 3 is 3.18 bits per heavy atom. The molecule has 0 spiro atoms. The molecule has 11 heavy (non-hydrogen) atoms. The average Bonchev–Trinajstić information content (AvgIpc) is 2.50. The number of rotatable bonds is 1. The molecule has 55 valence electrons. The Kier molecular flexibility index (Phi) is 1.32. The summed E-state index contributed by atoms with van der Waals surface area (Å²) >= 11 is 0. The second-order valence-electron chi connectivity index (χ2n) is 2.23. The number of benzene rings is 1. The number of hydrogen-bond donors (Lipinski definition) is 0. The molecule has 0 aliphatic heterocycles. The van der Waals surface area contributed by atoms with Gasteiger partial charge in [-0.05, 0) is 24.3 Å². The number of fused-ring (bicyclic) bond motifs is 1. The van der Waals surface area contributed by atoms with Gasteiger partial charge in [0.1, 0.15) is 0 Å². The maximum atomic E-state index is 5.19. The standard InChI is InChI=1S/C9H7O2/c1-10-8-4-2-3-7-5-6-11-9(7)8/h3-6H,1H3. The van der Waals surface area contributed by atoms with Gasteiger partial charge in [0.05, 0.1) is 13.4 Å². The van der Waals surface area contributed by atoms with E-state index < -0.39 is 0 Å². The van der Waals surface area contributed by atoms with E-state index in [-0.39, 0.29) is 0 Å². The molecular formula is C9H7O2. The van der Waals surface area contributed by atoms with E-state index in [0.717, 1.165) is 16.7 Å². The van der Waals surface area contributed by atoms with Crippen molar-refractivity contribution < 1.29 is 9.15 Å². The van der Waals surface area contributed by atoms with E-state index in [9.17, 15) is 0 Å². The number of hydrogen-bond acceptors (Lipinski definition) is 2. The predicted octanol–water partition coefficient (Wildman–Crippen LogP) is 2.24. The van der Waals surface area contributed by atoms with Crippen molar-refractivity contribution in [2.45, 2.75) is 0 Å². The van der Waals surface area contributed by atoms with Gasteiger partial charge in [0, 0.05) is 5.39 Å². The summed E-state index contributed by atoms with van der Waals surface area (Å²) in [5, 5.41) is 1.02. The number of methoxy groups -OCH3 is 1. The van der Waals surface area contributed by atoms with Crippen molar-refractivity contribution in [3.05, 3.63) is 30.5 Å². The summed E-state index contributed by atoms with van der Waals surface area (Å²) in [5.41, 5.74) is 0.784. The van der Waals surface area contributed by atoms with Crippen molar-refractivity contribution in [1.29, 1.82) is 0 Å². The monoisotopic (exact) mass is 147 g/mol. The zero-order chi connectivity index (χ0) is 7.68. The van der Waals surface area contributed by atoms with Gasteiger partial charge in [-0.15, -0.1) is 0 Å². The van der Waals surface area contributed by atoms with E-state index in [2.05, 4.69) is 6.07 Å². The molecule has 1 heterocycles. The average molecular weight is 147 g/mol. The van der Waals surface area contributed by atoms with Crippen LogP contribution in [0.5, 0.6) is 5.75 Å². The van der Waals surface area contributed by atoms with Crippen LogP contribution in [0.25, 0.3) is 11.0 Å². The first-order valence-electron chi connectivity index (χ1n) is 3.33. The van der Waals surface area contributed by atoms with Crippen LogP contribution in [-0.2, 0) is 0 Å². The Hall–Kier alpha value is -1.44. The Bertz CT molecular complexity index is 362. The molecule has 0 atom stereocenters. The van der Waals surface area contributed by atoms with Gasteiger partial charge in [0.2, 0.25) is 0 Å². The van der Waals surface area contributed by atoms with Crippen LogP contribution in [-0.4, -0.2) is 7.11 Å². The van der Waals surface area contributed by atoms with E-state index in [4.69, 9.17) is 9.15 Å². The summed E-state index contributed by atoms with van der Waals surface area (Å²) in [7, 11) is 1.62. The third kappa shape index (κ3) is 0.871. The molecule has 2 nitrogen and oxygen atoms in total. The summed E-state index contributed by atoms with van der Waals surface area (Å²) in [6, 6.07) is 8.46. The van der Waals surface area contributed by atoms with Crippen molar-refractivity contribution in [2.24, 2.45) is 0 Å². The van der Waals surface area contributed by atoms with E-state index >= 15 is 0 Å². The van der Waals surface area contributed by atoms with Crippen LogP contribution in [0, 0.1) is 6.07 Å². The van der Waals surface area contributed by atoms with E-state index in [1.165, 1.54) is 0 Å². The zero-order valence-electron chi connectivity index (χ0n) is 6.13. The molecule has 0 saturated heterocycles. The molecule has 0 unspecified atom stereocenters. The first-order chi connectivity index (χ1) is 5.42. The van der Waals surface area contributed by atoms with Crippen LogP contribution in [0.2, 0.25) is 0 Å². The molecule has 2 aromatic rings. The van der Waals surface area contributed by atoms with Crippen LogP contribution in [0.1, 0.15) is 0 Å². The van der Waals surface area contributed by atoms with Gasteiger partial charge in [-0.1, -0.05) is 0 Å². The molecule has 1 aromatic carbocycles. The molecule has 2 rings (SSSR count). The Balaban J connectivity index is 2.79. The topological polar surface area (TPSA) is 22.4 Å². The lowest BCUT2D eigenvalue weighted by Gasteiger charge is -1.97. The molecule has 0 bridgehead atoms. The fourth-order valence-electron chi connectivity index (χ4n) is 1.06. The lowest BCUT2D eigenvalue weighted by molar-refractivity contribution is 0.410. The van der Waals surface area contributed by atoms with Gasteiger partial charge >= 0.3 is 0 Å². The highest BCUT2D eigenvalue weighted by atomic mass is 16.5. The molecule has 0 amide bonds. The third-order valence-corrected chi connectivity index (χ3v) is 1.59. The van der Waals surface area contributed by atoms with Crippen LogP contribution >= 0.6 is 0 Å². The maximum absolute atomic E-state index is 5.19. The Morgan fingerprint density at radius 1 is 1.45 bits per heavy atom. The van der Waals surface area contributed by atoms with Crippen molar-refractivity contribution in [3.8, 4) is 5.75 Å².